The van der Waals surface area contributed by atoms with Crippen LogP contribution in [0, 0.1) is 17.1 Å². The van der Waals surface area contributed by atoms with Gasteiger partial charge < -0.3 is 10.2 Å². The van der Waals surface area contributed by atoms with Gasteiger partial charge in [-0.15, -0.1) is 0 Å². The zero-order chi connectivity index (χ0) is 13.1. The van der Waals surface area contributed by atoms with Gasteiger partial charge in [-0.1, -0.05) is 0 Å². The van der Waals surface area contributed by atoms with Crippen LogP contribution in [0.2, 0.25) is 0 Å². The van der Waals surface area contributed by atoms with Gasteiger partial charge in [0.25, 0.3) is 0 Å². The molecule has 0 saturated heterocycles. The second-order valence-corrected chi connectivity index (χ2v) is 4.87. The van der Waals surface area contributed by atoms with Crippen molar-refractivity contribution in [1.29, 1.82) is 5.26 Å². The largest absolute Gasteiger partial charge is 0.383 e. The number of nitrogens with one attached hydrogen (secondary N) is 1. The van der Waals surface area contributed by atoms with Crippen LogP contribution in [0.1, 0.15) is 19.4 Å². The minimum absolute atomic E-state index is 0.0234. The summed E-state index contributed by atoms with van der Waals surface area (Å²) in [5.74, 6) is -0.486. The lowest BCUT2D eigenvalue weighted by atomic mass is 10.0. The van der Waals surface area contributed by atoms with Gasteiger partial charge in [0.05, 0.1) is 5.56 Å². The number of halogens is 1. The molecule has 0 fully saturated rings. The quantitative estimate of drug-likeness (QED) is 0.871. The summed E-state index contributed by atoms with van der Waals surface area (Å²) < 4.78 is 13.4. The van der Waals surface area contributed by atoms with Gasteiger partial charge >= 0.3 is 0 Å². The molecule has 0 saturated carbocycles. The van der Waals surface area contributed by atoms with E-state index in [1.807, 2.05) is 14.1 Å². The Hall–Kier alpha value is -1.60. The van der Waals surface area contributed by atoms with Crippen molar-refractivity contribution in [3.8, 4) is 6.07 Å². The van der Waals surface area contributed by atoms with Gasteiger partial charge in [-0.2, -0.15) is 5.26 Å². The van der Waals surface area contributed by atoms with Crippen molar-refractivity contribution in [3.05, 3.63) is 29.6 Å². The standard InChI is InChI=1S/C13H18FN3/c1-13(2,17(3)4)9-16-11-6-5-10(8-15)12(14)7-11/h5-7,16H,9H2,1-4H3. The highest BCUT2D eigenvalue weighted by atomic mass is 19.1. The Morgan fingerprint density at radius 2 is 2.06 bits per heavy atom. The summed E-state index contributed by atoms with van der Waals surface area (Å²) in [5.41, 5.74) is 0.739. The lowest BCUT2D eigenvalue weighted by Gasteiger charge is -2.33. The van der Waals surface area contributed by atoms with Crippen molar-refractivity contribution in [2.24, 2.45) is 0 Å². The Labute approximate surface area is 102 Å². The lowest BCUT2D eigenvalue weighted by Crippen LogP contribution is -2.44. The molecule has 0 aliphatic carbocycles. The number of likely N-dealkylation sites (N-methyl/N-ethyl adjacent to an activating group) is 1. The summed E-state index contributed by atoms with van der Waals surface area (Å²) >= 11 is 0. The topological polar surface area (TPSA) is 39.1 Å². The minimum atomic E-state index is -0.486. The summed E-state index contributed by atoms with van der Waals surface area (Å²) in [5, 5.41) is 11.8. The van der Waals surface area contributed by atoms with Crippen molar-refractivity contribution in [2.45, 2.75) is 19.4 Å². The first kappa shape index (κ1) is 13.5. The molecule has 3 nitrogen and oxygen atoms in total. The summed E-state index contributed by atoms with van der Waals surface area (Å²) in [4.78, 5) is 2.10. The first-order chi connectivity index (χ1) is 7.86. The third-order valence-electron chi connectivity index (χ3n) is 3.03. The molecule has 0 unspecified atom stereocenters. The third-order valence-corrected chi connectivity index (χ3v) is 3.03. The third kappa shape index (κ3) is 3.43. The van der Waals surface area contributed by atoms with E-state index in [1.165, 1.54) is 12.1 Å². The maximum atomic E-state index is 13.4. The summed E-state index contributed by atoms with van der Waals surface area (Å²) in [6.07, 6.45) is 0. The SMILES string of the molecule is CN(C)C(C)(C)CNc1ccc(C#N)c(F)c1. The van der Waals surface area contributed by atoms with Crippen molar-refractivity contribution < 1.29 is 4.39 Å². The molecular weight excluding hydrogens is 217 g/mol. The number of hydrogen-bond donors (Lipinski definition) is 1. The molecule has 0 atom stereocenters. The summed E-state index contributed by atoms with van der Waals surface area (Å²) in [6, 6.07) is 6.36. The van der Waals surface area contributed by atoms with Crippen LogP contribution in [0.25, 0.3) is 0 Å². The molecule has 0 radical (unpaired) electrons. The van der Waals surface area contributed by atoms with E-state index in [-0.39, 0.29) is 11.1 Å². The molecule has 4 heteroatoms. The fourth-order valence-electron chi connectivity index (χ4n) is 1.19. The van der Waals surface area contributed by atoms with Crippen LogP contribution in [0.4, 0.5) is 10.1 Å². The maximum absolute atomic E-state index is 13.4. The fraction of sp³-hybridized carbons (Fsp3) is 0.462. The minimum Gasteiger partial charge on any atom is -0.383 e. The van der Waals surface area contributed by atoms with Crippen LogP contribution in [-0.4, -0.2) is 31.1 Å². The Morgan fingerprint density at radius 3 is 2.53 bits per heavy atom. The average molecular weight is 235 g/mol. The average Bonchev–Trinajstić information content (AvgIpc) is 2.26. The monoisotopic (exact) mass is 235 g/mol. The molecule has 0 heterocycles. The van der Waals surface area contributed by atoms with Crippen molar-refractivity contribution >= 4 is 5.69 Å². The van der Waals surface area contributed by atoms with Crippen LogP contribution < -0.4 is 5.32 Å². The van der Waals surface area contributed by atoms with Crippen molar-refractivity contribution in [3.63, 3.8) is 0 Å². The predicted octanol–water partition coefficient (Wildman–Crippen LogP) is 2.45. The predicted molar refractivity (Wildman–Crippen MR) is 67.4 cm³/mol. The molecule has 1 N–H and O–H groups in total. The Balaban J connectivity index is 2.72. The lowest BCUT2D eigenvalue weighted by molar-refractivity contribution is 0.210. The Bertz CT molecular complexity index is 433. The molecule has 17 heavy (non-hydrogen) atoms. The molecule has 0 spiro atoms. The molecule has 0 bridgehead atoms. The Morgan fingerprint density at radius 1 is 1.41 bits per heavy atom. The van der Waals surface area contributed by atoms with E-state index in [0.29, 0.717) is 12.2 Å². The zero-order valence-corrected chi connectivity index (χ0v) is 10.7. The van der Waals surface area contributed by atoms with Crippen molar-refractivity contribution in [1.82, 2.24) is 4.90 Å². The van der Waals surface area contributed by atoms with Crippen LogP contribution in [0.15, 0.2) is 18.2 Å². The second-order valence-electron chi connectivity index (χ2n) is 4.87. The van der Waals surface area contributed by atoms with E-state index in [1.54, 1.807) is 12.1 Å². The normalized spacial score (nSPS) is 11.4. The van der Waals surface area contributed by atoms with Crippen LogP contribution in [0.5, 0.6) is 0 Å². The van der Waals surface area contributed by atoms with E-state index in [9.17, 15) is 4.39 Å². The number of rotatable bonds is 4. The van der Waals surface area contributed by atoms with Crippen molar-refractivity contribution in [2.75, 3.05) is 26.0 Å². The molecule has 1 rings (SSSR count). The molecular formula is C13H18FN3. The number of anilines is 1. The molecule has 0 amide bonds. The molecule has 0 aliphatic rings. The second kappa shape index (κ2) is 5.15. The highest BCUT2D eigenvalue weighted by Crippen LogP contribution is 2.16. The van der Waals surface area contributed by atoms with Crippen LogP contribution in [-0.2, 0) is 0 Å². The van der Waals surface area contributed by atoms with Gasteiger partial charge in [0.1, 0.15) is 11.9 Å². The van der Waals surface area contributed by atoms with Gasteiger partial charge in [0, 0.05) is 17.8 Å². The van der Waals surface area contributed by atoms with E-state index in [2.05, 4.69) is 24.1 Å². The van der Waals surface area contributed by atoms with E-state index < -0.39 is 5.82 Å². The number of nitriles is 1. The fourth-order valence-corrected chi connectivity index (χ4v) is 1.19. The molecule has 1 aromatic rings. The highest BCUT2D eigenvalue weighted by Gasteiger charge is 2.19. The molecule has 0 aromatic heterocycles. The summed E-state index contributed by atoms with van der Waals surface area (Å²) in [7, 11) is 4.00. The number of hydrogen-bond acceptors (Lipinski definition) is 3. The van der Waals surface area contributed by atoms with Gasteiger partial charge in [-0.05, 0) is 46.1 Å². The van der Waals surface area contributed by atoms with E-state index in [0.717, 1.165) is 0 Å². The smallest absolute Gasteiger partial charge is 0.143 e. The Kier molecular flexibility index (Phi) is 4.08. The van der Waals surface area contributed by atoms with E-state index in [4.69, 9.17) is 5.26 Å². The molecule has 92 valence electrons. The maximum Gasteiger partial charge on any atom is 0.143 e. The molecule has 0 aliphatic heterocycles. The first-order valence-electron chi connectivity index (χ1n) is 5.48. The molecule has 1 aromatic carbocycles. The van der Waals surface area contributed by atoms with Gasteiger partial charge in [-0.25, -0.2) is 4.39 Å². The van der Waals surface area contributed by atoms with E-state index >= 15 is 0 Å². The van der Waals surface area contributed by atoms with Crippen LogP contribution in [0.3, 0.4) is 0 Å². The van der Waals surface area contributed by atoms with Gasteiger partial charge in [0.15, 0.2) is 0 Å². The number of benzene rings is 1. The van der Waals surface area contributed by atoms with Gasteiger partial charge in [-0.3, -0.25) is 0 Å². The van der Waals surface area contributed by atoms with Crippen LogP contribution >= 0.6 is 0 Å². The first-order valence-corrected chi connectivity index (χ1v) is 5.48. The summed E-state index contributed by atoms with van der Waals surface area (Å²) in [6.45, 7) is 4.89. The highest BCUT2D eigenvalue weighted by molar-refractivity contribution is 5.48. The van der Waals surface area contributed by atoms with Gasteiger partial charge in [0.2, 0.25) is 0 Å². The number of nitrogens with zero attached hydrogens (tertiary/aromatic N) is 2. The zero-order valence-electron chi connectivity index (χ0n) is 10.7.